The van der Waals surface area contributed by atoms with Crippen molar-refractivity contribution >= 4 is 29.1 Å². The van der Waals surface area contributed by atoms with E-state index in [9.17, 15) is 24.5 Å². The van der Waals surface area contributed by atoms with Crippen molar-refractivity contribution in [2.24, 2.45) is 5.92 Å². The first-order valence-electron chi connectivity index (χ1n) is 11.7. The molecule has 184 valence electrons. The van der Waals surface area contributed by atoms with E-state index in [-0.39, 0.29) is 35.7 Å². The van der Waals surface area contributed by atoms with Crippen molar-refractivity contribution in [1.82, 2.24) is 15.1 Å². The summed E-state index contributed by atoms with van der Waals surface area (Å²) < 4.78 is 0. The third-order valence-corrected chi connectivity index (χ3v) is 6.60. The Morgan fingerprint density at radius 1 is 1.09 bits per heavy atom. The maximum absolute atomic E-state index is 12.8. The first kappa shape index (κ1) is 24.3. The van der Waals surface area contributed by atoms with E-state index in [2.05, 4.69) is 10.2 Å². The molecular weight excluding hydrogens is 450 g/mol. The van der Waals surface area contributed by atoms with Gasteiger partial charge in [0.15, 0.2) is 0 Å². The summed E-state index contributed by atoms with van der Waals surface area (Å²) >= 11 is 0. The van der Waals surface area contributed by atoms with Crippen LogP contribution in [0.4, 0.5) is 11.4 Å². The van der Waals surface area contributed by atoms with Crippen LogP contribution in [-0.2, 0) is 9.59 Å². The van der Waals surface area contributed by atoms with Gasteiger partial charge in [-0.2, -0.15) is 0 Å². The van der Waals surface area contributed by atoms with Crippen molar-refractivity contribution in [3.8, 4) is 0 Å². The number of nitro benzene ring substituents is 1. The van der Waals surface area contributed by atoms with Gasteiger partial charge in [0.05, 0.1) is 10.8 Å². The number of nitrogens with one attached hydrogen (secondary N) is 1. The minimum Gasteiger partial charge on any atom is -0.355 e. The molecule has 1 unspecified atom stereocenters. The van der Waals surface area contributed by atoms with E-state index >= 15 is 0 Å². The molecule has 2 fully saturated rings. The summed E-state index contributed by atoms with van der Waals surface area (Å²) in [6.45, 7) is 5.47. The summed E-state index contributed by atoms with van der Waals surface area (Å²) in [7, 11) is 0. The Morgan fingerprint density at radius 2 is 1.80 bits per heavy atom. The number of aryl methyl sites for hydroxylation is 1. The number of piperazine rings is 1. The smallest absolute Gasteiger partial charge is 0.273 e. The van der Waals surface area contributed by atoms with Crippen LogP contribution in [0.5, 0.6) is 0 Å². The molecule has 1 N–H and O–H groups in total. The summed E-state index contributed by atoms with van der Waals surface area (Å²) in [4.78, 5) is 53.9. The molecule has 1 atom stereocenters. The van der Waals surface area contributed by atoms with E-state index in [1.54, 1.807) is 28.9 Å². The van der Waals surface area contributed by atoms with Crippen LogP contribution in [0.15, 0.2) is 48.5 Å². The number of benzene rings is 2. The summed E-state index contributed by atoms with van der Waals surface area (Å²) in [5, 5.41) is 14.1. The fourth-order valence-corrected chi connectivity index (χ4v) is 4.52. The van der Waals surface area contributed by atoms with Crippen LogP contribution in [-0.4, -0.2) is 78.3 Å². The number of nitrogens with zero attached hydrogens (tertiary/aromatic N) is 4. The second kappa shape index (κ2) is 10.6. The lowest BCUT2D eigenvalue weighted by Crippen LogP contribution is -2.50. The van der Waals surface area contributed by atoms with Gasteiger partial charge in [-0.15, -0.1) is 0 Å². The zero-order valence-corrected chi connectivity index (χ0v) is 19.7. The van der Waals surface area contributed by atoms with Crippen molar-refractivity contribution in [1.29, 1.82) is 0 Å². The van der Waals surface area contributed by atoms with Gasteiger partial charge in [0, 0.05) is 75.1 Å². The van der Waals surface area contributed by atoms with Gasteiger partial charge in [0.25, 0.3) is 11.6 Å². The summed E-state index contributed by atoms with van der Waals surface area (Å²) in [6.07, 6.45) is 0.207. The predicted molar refractivity (Wildman–Crippen MR) is 130 cm³/mol. The second-order valence-corrected chi connectivity index (χ2v) is 8.92. The molecule has 2 aliphatic rings. The van der Waals surface area contributed by atoms with E-state index in [1.165, 1.54) is 6.07 Å². The van der Waals surface area contributed by atoms with Crippen molar-refractivity contribution < 1.29 is 19.3 Å². The number of nitro groups is 1. The van der Waals surface area contributed by atoms with E-state index < -0.39 is 4.92 Å². The minimum atomic E-state index is -0.473. The van der Waals surface area contributed by atoms with Crippen molar-refractivity contribution in [3.05, 3.63) is 69.8 Å². The Morgan fingerprint density at radius 3 is 2.49 bits per heavy atom. The third kappa shape index (κ3) is 5.65. The lowest BCUT2D eigenvalue weighted by molar-refractivity contribution is -0.385. The molecule has 4 rings (SSSR count). The van der Waals surface area contributed by atoms with E-state index in [1.807, 2.05) is 30.3 Å². The number of para-hydroxylation sites is 1. The topological polar surface area (TPSA) is 116 Å². The van der Waals surface area contributed by atoms with Gasteiger partial charge in [-0.05, 0) is 25.1 Å². The summed E-state index contributed by atoms with van der Waals surface area (Å²) in [5.41, 5.74) is 1.59. The van der Waals surface area contributed by atoms with Gasteiger partial charge < -0.3 is 15.1 Å². The molecule has 3 amide bonds. The van der Waals surface area contributed by atoms with Crippen molar-refractivity contribution in [2.45, 2.75) is 13.3 Å². The molecule has 0 saturated carbocycles. The molecule has 35 heavy (non-hydrogen) atoms. The third-order valence-electron chi connectivity index (χ3n) is 6.60. The zero-order chi connectivity index (χ0) is 24.9. The van der Waals surface area contributed by atoms with E-state index in [0.29, 0.717) is 56.9 Å². The van der Waals surface area contributed by atoms with Crippen LogP contribution in [0.3, 0.4) is 0 Å². The van der Waals surface area contributed by atoms with Crippen LogP contribution in [0, 0.1) is 23.0 Å². The maximum atomic E-state index is 12.8. The molecule has 10 nitrogen and oxygen atoms in total. The number of carbonyl (C=O) groups is 3. The molecule has 2 heterocycles. The highest BCUT2D eigenvalue weighted by molar-refractivity contribution is 6.00. The first-order valence-corrected chi connectivity index (χ1v) is 11.7. The molecule has 2 aliphatic heterocycles. The minimum absolute atomic E-state index is 0.0453. The average Bonchev–Trinajstić information content (AvgIpc) is 3.26. The highest BCUT2D eigenvalue weighted by Gasteiger charge is 2.35. The molecule has 10 heteroatoms. The molecule has 2 aromatic rings. The summed E-state index contributed by atoms with van der Waals surface area (Å²) in [5.74, 6) is -0.742. The number of anilines is 1. The van der Waals surface area contributed by atoms with Crippen LogP contribution in [0.25, 0.3) is 0 Å². The largest absolute Gasteiger partial charge is 0.355 e. The van der Waals surface area contributed by atoms with Gasteiger partial charge in [0.2, 0.25) is 11.8 Å². The van der Waals surface area contributed by atoms with Crippen molar-refractivity contribution in [3.63, 3.8) is 0 Å². The molecule has 2 saturated heterocycles. The average molecular weight is 480 g/mol. The molecule has 0 spiro atoms. The lowest BCUT2D eigenvalue weighted by Gasteiger charge is -2.34. The lowest BCUT2D eigenvalue weighted by atomic mass is 10.1. The van der Waals surface area contributed by atoms with Gasteiger partial charge in [-0.3, -0.25) is 29.4 Å². The maximum Gasteiger partial charge on any atom is 0.273 e. The molecular formula is C25H29N5O5. The Kier molecular flexibility index (Phi) is 7.40. The molecule has 0 aromatic heterocycles. The standard InChI is InChI=1S/C25H29N5O5/c1-18-7-8-19(15-22(18)30(34)35)25(33)28-13-11-27(12-14-28)10-9-26-24(32)20-16-23(31)29(17-20)21-5-3-2-4-6-21/h2-8,15,20H,9-14,16-17H2,1H3,(H,26,32). The molecule has 2 aromatic carbocycles. The second-order valence-electron chi connectivity index (χ2n) is 8.92. The van der Waals surface area contributed by atoms with Gasteiger partial charge in [-0.1, -0.05) is 24.3 Å². The van der Waals surface area contributed by atoms with Crippen molar-refractivity contribution in [2.75, 3.05) is 50.7 Å². The van der Waals surface area contributed by atoms with Gasteiger partial charge in [0.1, 0.15) is 0 Å². The zero-order valence-electron chi connectivity index (χ0n) is 19.7. The first-order chi connectivity index (χ1) is 16.8. The highest BCUT2D eigenvalue weighted by atomic mass is 16.6. The number of hydrogen-bond donors (Lipinski definition) is 1. The molecule has 0 bridgehead atoms. The monoisotopic (exact) mass is 479 g/mol. The van der Waals surface area contributed by atoms with E-state index in [0.717, 1.165) is 5.69 Å². The fraction of sp³-hybridized carbons (Fsp3) is 0.400. The number of rotatable bonds is 7. The Labute approximate surface area is 203 Å². The van der Waals surface area contributed by atoms with Crippen LogP contribution in [0.2, 0.25) is 0 Å². The number of carbonyl (C=O) groups excluding carboxylic acids is 3. The number of hydrogen-bond acceptors (Lipinski definition) is 6. The SMILES string of the molecule is Cc1ccc(C(=O)N2CCN(CCNC(=O)C3CC(=O)N(c4ccccc4)C3)CC2)cc1[N+](=O)[O-]. The Bertz CT molecular complexity index is 1110. The van der Waals surface area contributed by atoms with Crippen LogP contribution < -0.4 is 10.2 Å². The Hall–Kier alpha value is -3.79. The Balaban J connectivity index is 1.21. The quantitative estimate of drug-likeness (QED) is 0.479. The normalized spacial score (nSPS) is 18.5. The number of amides is 3. The predicted octanol–water partition coefficient (Wildman–Crippen LogP) is 1.83. The fourth-order valence-electron chi connectivity index (χ4n) is 4.52. The van der Waals surface area contributed by atoms with Gasteiger partial charge in [-0.25, -0.2) is 0 Å². The summed E-state index contributed by atoms with van der Waals surface area (Å²) in [6, 6.07) is 13.9. The molecule has 0 aliphatic carbocycles. The van der Waals surface area contributed by atoms with Gasteiger partial charge >= 0.3 is 0 Å². The van der Waals surface area contributed by atoms with E-state index in [4.69, 9.17) is 0 Å². The molecule has 0 radical (unpaired) electrons. The van der Waals surface area contributed by atoms with Crippen LogP contribution >= 0.6 is 0 Å². The van der Waals surface area contributed by atoms with Crippen LogP contribution in [0.1, 0.15) is 22.3 Å². The highest BCUT2D eigenvalue weighted by Crippen LogP contribution is 2.25.